The Morgan fingerprint density at radius 1 is 1.22 bits per heavy atom. The Labute approximate surface area is 110 Å². The van der Waals surface area contributed by atoms with Crippen molar-refractivity contribution in [1.29, 1.82) is 0 Å². The SMILES string of the molecule is CCNC(C)C(c1cncc(OCC)n1)C(C)C. The summed E-state index contributed by atoms with van der Waals surface area (Å²) >= 11 is 0. The van der Waals surface area contributed by atoms with Gasteiger partial charge in [-0.25, -0.2) is 4.98 Å². The molecule has 0 aliphatic heterocycles. The van der Waals surface area contributed by atoms with E-state index < -0.39 is 0 Å². The molecule has 4 nitrogen and oxygen atoms in total. The van der Waals surface area contributed by atoms with Crippen molar-refractivity contribution in [3.05, 3.63) is 18.1 Å². The van der Waals surface area contributed by atoms with Crippen LogP contribution in [0, 0.1) is 5.92 Å². The van der Waals surface area contributed by atoms with Gasteiger partial charge < -0.3 is 10.1 Å². The molecule has 0 fully saturated rings. The lowest BCUT2D eigenvalue weighted by Gasteiger charge is -2.27. The van der Waals surface area contributed by atoms with Crippen LogP contribution in [0.15, 0.2) is 12.4 Å². The van der Waals surface area contributed by atoms with Gasteiger partial charge >= 0.3 is 0 Å². The van der Waals surface area contributed by atoms with Gasteiger partial charge in [-0.15, -0.1) is 0 Å². The Bertz CT molecular complexity index is 355. The van der Waals surface area contributed by atoms with Gasteiger partial charge in [0.25, 0.3) is 0 Å². The highest BCUT2D eigenvalue weighted by Crippen LogP contribution is 2.27. The molecule has 1 N–H and O–H groups in total. The molecule has 2 unspecified atom stereocenters. The molecule has 1 aromatic heterocycles. The van der Waals surface area contributed by atoms with Crippen molar-refractivity contribution in [2.24, 2.45) is 5.92 Å². The fourth-order valence-electron chi connectivity index (χ4n) is 2.36. The van der Waals surface area contributed by atoms with E-state index in [0.717, 1.165) is 12.2 Å². The van der Waals surface area contributed by atoms with E-state index >= 15 is 0 Å². The summed E-state index contributed by atoms with van der Waals surface area (Å²) in [7, 11) is 0. The van der Waals surface area contributed by atoms with E-state index in [2.05, 4.69) is 43.0 Å². The monoisotopic (exact) mass is 251 g/mol. The standard InChI is InChI=1S/C14H25N3O/c1-6-16-11(5)14(10(3)4)12-8-15-9-13(17-12)18-7-2/h8-11,14,16H,6-7H2,1-5H3. The van der Waals surface area contributed by atoms with Gasteiger partial charge in [0.05, 0.1) is 18.5 Å². The van der Waals surface area contributed by atoms with Crippen molar-refractivity contribution in [3.8, 4) is 5.88 Å². The maximum atomic E-state index is 5.42. The molecule has 0 amide bonds. The van der Waals surface area contributed by atoms with E-state index in [1.54, 1.807) is 6.20 Å². The lowest BCUT2D eigenvalue weighted by molar-refractivity contribution is 0.317. The number of rotatable bonds is 7. The molecule has 4 heteroatoms. The molecule has 0 aliphatic carbocycles. The zero-order valence-electron chi connectivity index (χ0n) is 12.1. The van der Waals surface area contributed by atoms with Gasteiger partial charge in [0.15, 0.2) is 0 Å². The van der Waals surface area contributed by atoms with Gasteiger partial charge in [-0.2, -0.15) is 0 Å². The summed E-state index contributed by atoms with van der Waals surface area (Å²) in [6.07, 6.45) is 3.52. The Morgan fingerprint density at radius 3 is 2.50 bits per heavy atom. The molecule has 0 saturated carbocycles. The minimum atomic E-state index is 0.345. The summed E-state index contributed by atoms with van der Waals surface area (Å²) in [4.78, 5) is 8.80. The molecule has 18 heavy (non-hydrogen) atoms. The van der Waals surface area contributed by atoms with Crippen molar-refractivity contribution in [3.63, 3.8) is 0 Å². The highest BCUT2D eigenvalue weighted by molar-refractivity contribution is 5.14. The fourth-order valence-corrected chi connectivity index (χ4v) is 2.36. The molecular weight excluding hydrogens is 226 g/mol. The van der Waals surface area contributed by atoms with E-state index in [0.29, 0.717) is 30.4 Å². The number of hydrogen-bond donors (Lipinski definition) is 1. The maximum absolute atomic E-state index is 5.42. The zero-order chi connectivity index (χ0) is 13.5. The second kappa shape index (κ2) is 7.31. The summed E-state index contributed by atoms with van der Waals surface area (Å²) in [6.45, 7) is 12.3. The van der Waals surface area contributed by atoms with Crippen LogP contribution in [-0.2, 0) is 0 Å². The van der Waals surface area contributed by atoms with Crippen molar-refractivity contribution in [2.75, 3.05) is 13.2 Å². The number of hydrogen-bond acceptors (Lipinski definition) is 4. The summed E-state index contributed by atoms with van der Waals surface area (Å²) in [5.41, 5.74) is 1.00. The van der Waals surface area contributed by atoms with Gasteiger partial charge in [-0.05, 0) is 26.3 Å². The average molecular weight is 251 g/mol. The number of nitrogens with zero attached hydrogens (tertiary/aromatic N) is 2. The van der Waals surface area contributed by atoms with Crippen LogP contribution in [0.25, 0.3) is 0 Å². The molecule has 0 aromatic carbocycles. The summed E-state index contributed by atoms with van der Waals surface area (Å²) in [5, 5.41) is 3.47. The third-order valence-electron chi connectivity index (χ3n) is 3.05. The van der Waals surface area contributed by atoms with Crippen molar-refractivity contribution in [2.45, 2.75) is 46.6 Å². The minimum absolute atomic E-state index is 0.345. The molecule has 0 aliphatic rings. The number of aromatic nitrogens is 2. The van der Waals surface area contributed by atoms with Gasteiger partial charge in [0, 0.05) is 18.2 Å². The molecule has 0 saturated heterocycles. The first-order chi connectivity index (χ1) is 8.60. The van der Waals surface area contributed by atoms with Crippen LogP contribution in [0.5, 0.6) is 5.88 Å². The molecule has 1 rings (SSSR count). The highest BCUT2D eigenvalue weighted by atomic mass is 16.5. The van der Waals surface area contributed by atoms with Crippen LogP contribution in [0.2, 0.25) is 0 Å². The second-order valence-electron chi connectivity index (χ2n) is 4.83. The van der Waals surface area contributed by atoms with Crippen molar-refractivity contribution < 1.29 is 4.74 Å². The van der Waals surface area contributed by atoms with Gasteiger partial charge in [0.2, 0.25) is 5.88 Å². The molecule has 102 valence electrons. The molecule has 0 radical (unpaired) electrons. The molecule has 0 bridgehead atoms. The van der Waals surface area contributed by atoms with Crippen LogP contribution in [0.4, 0.5) is 0 Å². The van der Waals surface area contributed by atoms with Crippen LogP contribution in [0.1, 0.15) is 46.2 Å². The van der Waals surface area contributed by atoms with Gasteiger partial charge in [-0.3, -0.25) is 4.98 Å². The van der Waals surface area contributed by atoms with Gasteiger partial charge in [-0.1, -0.05) is 20.8 Å². The lowest BCUT2D eigenvalue weighted by Crippen LogP contribution is -2.35. The minimum Gasteiger partial charge on any atom is -0.477 e. The summed E-state index contributed by atoms with van der Waals surface area (Å²) in [5.74, 6) is 1.47. The Kier molecular flexibility index (Phi) is 6.05. The van der Waals surface area contributed by atoms with E-state index in [1.165, 1.54) is 0 Å². The number of nitrogens with one attached hydrogen (secondary N) is 1. The van der Waals surface area contributed by atoms with Crippen LogP contribution in [0.3, 0.4) is 0 Å². The van der Waals surface area contributed by atoms with Crippen molar-refractivity contribution in [1.82, 2.24) is 15.3 Å². The maximum Gasteiger partial charge on any atom is 0.232 e. The Hall–Kier alpha value is -1.16. The first-order valence-corrected chi connectivity index (χ1v) is 6.78. The number of ether oxygens (including phenoxy) is 1. The molecular formula is C14H25N3O. The van der Waals surface area contributed by atoms with Crippen LogP contribution < -0.4 is 10.1 Å². The molecule has 2 atom stereocenters. The summed E-state index contributed by atoms with van der Waals surface area (Å²) in [6, 6.07) is 0.376. The van der Waals surface area contributed by atoms with Crippen LogP contribution >= 0.6 is 0 Å². The van der Waals surface area contributed by atoms with E-state index in [1.807, 2.05) is 13.1 Å². The first kappa shape index (κ1) is 14.9. The van der Waals surface area contributed by atoms with Crippen molar-refractivity contribution >= 4 is 0 Å². The predicted octanol–water partition coefficient (Wildman–Crippen LogP) is 2.61. The third-order valence-corrected chi connectivity index (χ3v) is 3.05. The number of likely N-dealkylation sites (N-methyl/N-ethyl adjacent to an activating group) is 1. The van der Waals surface area contributed by atoms with E-state index in [9.17, 15) is 0 Å². The van der Waals surface area contributed by atoms with E-state index in [-0.39, 0.29) is 0 Å². The first-order valence-electron chi connectivity index (χ1n) is 6.78. The fraction of sp³-hybridized carbons (Fsp3) is 0.714. The quantitative estimate of drug-likeness (QED) is 0.809. The third kappa shape index (κ3) is 3.95. The normalized spacial score (nSPS) is 14.6. The average Bonchev–Trinajstić information content (AvgIpc) is 2.30. The lowest BCUT2D eigenvalue weighted by atomic mass is 9.86. The molecule has 1 aromatic rings. The summed E-state index contributed by atoms with van der Waals surface area (Å²) < 4.78 is 5.42. The Balaban J connectivity index is 2.94. The molecule has 0 spiro atoms. The zero-order valence-corrected chi connectivity index (χ0v) is 12.1. The highest BCUT2D eigenvalue weighted by Gasteiger charge is 2.24. The molecule has 1 heterocycles. The van der Waals surface area contributed by atoms with Crippen LogP contribution in [-0.4, -0.2) is 29.2 Å². The Morgan fingerprint density at radius 2 is 1.94 bits per heavy atom. The van der Waals surface area contributed by atoms with Gasteiger partial charge in [0.1, 0.15) is 0 Å². The smallest absolute Gasteiger partial charge is 0.232 e. The van der Waals surface area contributed by atoms with E-state index in [4.69, 9.17) is 4.74 Å². The largest absolute Gasteiger partial charge is 0.477 e. The topological polar surface area (TPSA) is 47.0 Å². The second-order valence-corrected chi connectivity index (χ2v) is 4.83. The predicted molar refractivity (Wildman–Crippen MR) is 73.9 cm³/mol.